The topological polar surface area (TPSA) is 70.4 Å². The van der Waals surface area contributed by atoms with Crippen LogP contribution in [0.1, 0.15) is 20.7 Å². The Balaban J connectivity index is 1.61. The van der Waals surface area contributed by atoms with Crippen LogP contribution in [0.25, 0.3) is 16.9 Å². The summed E-state index contributed by atoms with van der Waals surface area (Å²) in [4.78, 5) is 25.4. The number of Topliss-reactive ketones (excluding diaryl/α,β-unsaturated/α-hetero) is 1. The normalized spacial score (nSPS) is 10.6. The van der Waals surface area contributed by atoms with Crippen molar-refractivity contribution in [1.29, 1.82) is 0 Å². The molecule has 4 rings (SSSR count). The molecule has 7 heteroatoms. The van der Waals surface area contributed by atoms with Crippen LogP contribution in [-0.2, 0) is 4.74 Å². The monoisotopic (exact) mass is 490 g/mol. The highest BCUT2D eigenvalue weighted by molar-refractivity contribution is 9.10. The van der Waals surface area contributed by atoms with E-state index in [2.05, 4.69) is 21.0 Å². The molecule has 1 aromatic heterocycles. The van der Waals surface area contributed by atoms with E-state index in [1.807, 2.05) is 42.5 Å². The average Bonchev–Trinajstić information content (AvgIpc) is 3.29. The average molecular weight is 491 g/mol. The smallest absolute Gasteiger partial charge is 0.342 e. The van der Waals surface area contributed by atoms with Gasteiger partial charge in [-0.05, 0) is 48.5 Å². The molecule has 0 saturated heterocycles. The van der Waals surface area contributed by atoms with E-state index in [0.29, 0.717) is 17.0 Å². The molecule has 0 radical (unpaired) electrons. The van der Waals surface area contributed by atoms with Gasteiger partial charge in [-0.2, -0.15) is 5.10 Å². The summed E-state index contributed by atoms with van der Waals surface area (Å²) in [5.74, 6) is -0.212. The number of nitrogens with zero attached hydrogens (tertiary/aromatic N) is 2. The first-order valence-corrected chi connectivity index (χ1v) is 10.6. The Kier molecular flexibility index (Phi) is 6.47. The Bertz CT molecular complexity index is 1230. The first kappa shape index (κ1) is 21.5. The van der Waals surface area contributed by atoms with Gasteiger partial charge in [-0.3, -0.25) is 4.79 Å². The number of ether oxygens (including phenoxy) is 2. The number of esters is 1. The summed E-state index contributed by atoms with van der Waals surface area (Å²) in [7, 11) is 1.59. The van der Waals surface area contributed by atoms with Crippen LogP contribution in [0.2, 0.25) is 0 Å². The quantitative estimate of drug-likeness (QED) is 0.258. The second kappa shape index (κ2) is 9.62. The van der Waals surface area contributed by atoms with E-state index < -0.39 is 5.97 Å². The second-order valence-corrected chi connectivity index (χ2v) is 7.82. The number of methoxy groups -OCH3 is 1. The molecule has 0 spiro atoms. The van der Waals surface area contributed by atoms with Crippen molar-refractivity contribution in [2.45, 2.75) is 0 Å². The van der Waals surface area contributed by atoms with Crippen molar-refractivity contribution in [3.8, 4) is 22.7 Å². The number of benzene rings is 3. The third-order valence-corrected chi connectivity index (χ3v) is 5.35. The lowest BCUT2D eigenvalue weighted by Gasteiger charge is -2.06. The van der Waals surface area contributed by atoms with Crippen molar-refractivity contribution in [2.75, 3.05) is 13.7 Å². The molecule has 4 aromatic rings. The van der Waals surface area contributed by atoms with E-state index >= 15 is 0 Å². The van der Waals surface area contributed by atoms with Crippen molar-refractivity contribution < 1.29 is 19.1 Å². The largest absolute Gasteiger partial charge is 0.497 e. The number of hydrogen-bond acceptors (Lipinski definition) is 5. The highest BCUT2D eigenvalue weighted by Gasteiger charge is 2.21. The summed E-state index contributed by atoms with van der Waals surface area (Å²) in [5.41, 5.74) is 2.72. The Morgan fingerprint density at radius 1 is 0.938 bits per heavy atom. The van der Waals surface area contributed by atoms with Crippen LogP contribution in [0, 0.1) is 0 Å². The number of halogens is 1. The Hall–Kier alpha value is -3.71. The molecule has 0 N–H and O–H groups in total. The maximum absolute atomic E-state index is 12.9. The number of carbonyl (C=O) groups excluding carboxylic acids is 2. The molecule has 0 aliphatic carbocycles. The molecule has 32 heavy (non-hydrogen) atoms. The lowest BCUT2D eigenvalue weighted by atomic mass is 10.1. The first-order valence-electron chi connectivity index (χ1n) is 9.80. The summed E-state index contributed by atoms with van der Waals surface area (Å²) in [6.45, 7) is -0.362. The molecule has 0 saturated carbocycles. The Morgan fingerprint density at radius 3 is 2.28 bits per heavy atom. The number of aromatic nitrogens is 2. The van der Waals surface area contributed by atoms with E-state index in [-0.39, 0.29) is 18.0 Å². The van der Waals surface area contributed by atoms with Gasteiger partial charge in [0.1, 0.15) is 17.0 Å². The second-order valence-electron chi connectivity index (χ2n) is 6.91. The predicted molar refractivity (Wildman–Crippen MR) is 124 cm³/mol. The molecule has 0 atom stereocenters. The maximum Gasteiger partial charge on any atom is 0.342 e. The summed E-state index contributed by atoms with van der Waals surface area (Å²) in [6.07, 6.45) is 1.61. The molecule has 160 valence electrons. The van der Waals surface area contributed by atoms with Crippen molar-refractivity contribution >= 4 is 27.7 Å². The fourth-order valence-electron chi connectivity index (χ4n) is 3.13. The minimum Gasteiger partial charge on any atom is -0.497 e. The van der Waals surface area contributed by atoms with Crippen LogP contribution < -0.4 is 4.74 Å². The minimum atomic E-state index is -0.622. The van der Waals surface area contributed by atoms with E-state index in [0.717, 1.165) is 15.7 Å². The van der Waals surface area contributed by atoms with Gasteiger partial charge in [0, 0.05) is 21.8 Å². The lowest BCUT2D eigenvalue weighted by molar-refractivity contribution is 0.0475. The van der Waals surface area contributed by atoms with Crippen molar-refractivity contribution in [1.82, 2.24) is 9.78 Å². The Morgan fingerprint density at radius 2 is 1.62 bits per heavy atom. The van der Waals surface area contributed by atoms with Crippen LogP contribution in [-0.4, -0.2) is 35.2 Å². The predicted octanol–water partition coefficient (Wildman–Crippen LogP) is 5.35. The zero-order valence-electron chi connectivity index (χ0n) is 17.2. The molecule has 6 nitrogen and oxygen atoms in total. The Labute approximate surface area is 193 Å². The zero-order valence-corrected chi connectivity index (χ0v) is 18.8. The number of ketones is 1. The lowest BCUT2D eigenvalue weighted by Crippen LogP contribution is -2.14. The van der Waals surface area contributed by atoms with Crippen LogP contribution in [0.5, 0.6) is 5.75 Å². The molecular weight excluding hydrogens is 472 g/mol. The van der Waals surface area contributed by atoms with Crippen LogP contribution in [0.4, 0.5) is 0 Å². The van der Waals surface area contributed by atoms with E-state index in [1.54, 1.807) is 54.4 Å². The summed E-state index contributed by atoms with van der Waals surface area (Å²) >= 11 is 3.33. The molecule has 0 unspecified atom stereocenters. The van der Waals surface area contributed by atoms with Gasteiger partial charge in [-0.25, -0.2) is 9.48 Å². The van der Waals surface area contributed by atoms with Gasteiger partial charge in [-0.15, -0.1) is 0 Å². The van der Waals surface area contributed by atoms with Gasteiger partial charge in [0.2, 0.25) is 0 Å². The number of rotatable bonds is 7. The van der Waals surface area contributed by atoms with Gasteiger partial charge in [0.25, 0.3) is 0 Å². The fourth-order valence-corrected chi connectivity index (χ4v) is 3.39. The molecule has 3 aromatic carbocycles. The number of carbonyl (C=O) groups is 2. The van der Waals surface area contributed by atoms with Crippen molar-refractivity contribution in [3.05, 3.63) is 101 Å². The van der Waals surface area contributed by atoms with Gasteiger partial charge in [0.05, 0.1) is 12.8 Å². The molecular formula is C25H19BrN2O4. The number of para-hydroxylation sites is 1. The summed E-state index contributed by atoms with van der Waals surface area (Å²) < 4.78 is 13.0. The molecule has 0 aliphatic rings. The highest BCUT2D eigenvalue weighted by Crippen LogP contribution is 2.26. The van der Waals surface area contributed by atoms with Gasteiger partial charge < -0.3 is 9.47 Å². The van der Waals surface area contributed by atoms with Gasteiger partial charge in [-0.1, -0.05) is 46.3 Å². The third-order valence-electron chi connectivity index (χ3n) is 4.82. The van der Waals surface area contributed by atoms with E-state index in [1.165, 1.54) is 0 Å². The van der Waals surface area contributed by atoms with E-state index in [4.69, 9.17) is 9.47 Å². The summed E-state index contributed by atoms with van der Waals surface area (Å²) in [6, 6.07) is 23.6. The highest BCUT2D eigenvalue weighted by atomic mass is 79.9. The molecule has 1 heterocycles. The number of hydrogen-bond donors (Lipinski definition) is 0. The molecule has 0 aliphatic heterocycles. The first-order chi connectivity index (χ1) is 15.5. The van der Waals surface area contributed by atoms with E-state index in [9.17, 15) is 9.59 Å². The molecule has 0 amide bonds. The zero-order chi connectivity index (χ0) is 22.5. The van der Waals surface area contributed by atoms with Crippen LogP contribution in [0.15, 0.2) is 89.5 Å². The standard InChI is InChI=1S/C25H19BrN2O4/c1-31-21-13-9-18(10-14-21)24-22(15-28(27-24)20-5-3-2-4-6-20)25(30)32-16-23(29)17-7-11-19(26)12-8-17/h2-15H,16H2,1H3. The van der Waals surface area contributed by atoms with Crippen molar-refractivity contribution in [2.24, 2.45) is 0 Å². The van der Waals surface area contributed by atoms with Crippen molar-refractivity contribution in [3.63, 3.8) is 0 Å². The van der Waals surface area contributed by atoms with Gasteiger partial charge in [0.15, 0.2) is 12.4 Å². The SMILES string of the molecule is COc1ccc(-c2nn(-c3ccccc3)cc2C(=O)OCC(=O)c2ccc(Br)cc2)cc1. The molecule has 0 bridgehead atoms. The van der Waals surface area contributed by atoms with Gasteiger partial charge >= 0.3 is 5.97 Å². The third kappa shape index (κ3) is 4.78. The van der Waals surface area contributed by atoms with Crippen LogP contribution >= 0.6 is 15.9 Å². The molecule has 0 fully saturated rings. The maximum atomic E-state index is 12.9. The fraction of sp³-hybridized carbons (Fsp3) is 0.0800. The minimum absolute atomic E-state index is 0.266. The van der Waals surface area contributed by atoms with Crippen LogP contribution in [0.3, 0.4) is 0 Å². The summed E-state index contributed by atoms with van der Waals surface area (Å²) in [5, 5.41) is 4.61.